The molecule has 1 aliphatic carbocycles. The molecule has 4 nitrogen and oxygen atoms in total. The molecule has 0 atom stereocenters. The van der Waals surface area contributed by atoms with Crippen molar-refractivity contribution in [3.05, 3.63) is 41.3 Å². The van der Waals surface area contributed by atoms with Crippen LogP contribution in [0.25, 0.3) is 10.4 Å². The second-order valence-electron chi connectivity index (χ2n) is 6.19. The van der Waals surface area contributed by atoms with E-state index in [-0.39, 0.29) is 30.4 Å². The number of rotatable bonds is 5. The number of benzene rings is 1. The van der Waals surface area contributed by atoms with Crippen molar-refractivity contribution < 1.29 is 9.53 Å². The van der Waals surface area contributed by atoms with E-state index in [9.17, 15) is 4.79 Å². The van der Waals surface area contributed by atoms with Crippen LogP contribution in [-0.2, 0) is 0 Å². The second-order valence-corrected chi connectivity index (χ2v) is 7.24. The fraction of sp³-hybridized carbons (Fsp3) is 0.421. The molecule has 2 aromatic rings. The molecule has 0 radical (unpaired) electrons. The Bertz CT molecular complexity index is 682. The summed E-state index contributed by atoms with van der Waals surface area (Å²) in [4.78, 5) is 14.4. The molecule has 0 saturated heterocycles. The van der Waals surface area contributed by atoms with Crippen molar-refractivity contribution in [2.24, 2.45) is 5.73 Å². The van der Waals surface area contributed by atoms with E-state index in [1.165, 1.54) is 11.3 Å². The van der Waals surface area contributed by atoms with E-state index in [0.717, 1.165) is 36.1 Å². The molecule has 0 bridgehead atoms. The highest BCUT2D eigenvalue weighted by Crippen LogP contribution is 2.36. The lowest BCUT2D eigenvalue weighted by atomic mass is 9.92. The van der Waals surface area contributed by atoms with E-state index in [4.69, 9.17) is 10.5 Å². The SMILES string of the molecule is CCOc1cc(-c2ccccc2)sc1C(=O)NC1CCC(N)CC1.Cl. The Kier molecular flexibility index (Phi) is 7.29. The van der Waals surface area contributed by atoms with Crippen LogP contribution in [0.4, 0.5) is 0 Å². The molecule has 1 saturated carbocycles. The third-order valence-corrected chi connectivity index (χ3v) is 5.53. The van der Waals surface area contributed by atoms with Crippen LogP contribution in [0.2, 0.25) is 0 Å². The summed E-state index contributed by atoms with van der Waals surface area (Å²) in [5.74, 6) is 0.637. The molecule has 0 spiro atoms. The molecule has 1 aliphatic rings. The van der Waals surface area contributed by atoms with Crippen LogP contribution in [0.15, 0.2) is 36.4 Å². The van der Waals surface area contributed by atoms with E-state index in [0.29, 0.717) is 17.2 Å². The number of nitrogens with one attached hydrogen (secondary N) is 1. The maximum Gasteiger partial charge on any atom is 0.265 e. The monoisotopic (exact) mass is 380 g/mol. The molecule has 1 amide bonds. The molecule has 3 N–H and O–H groups in total. The summed E-state index contributed by atoms with van der Waals surface area (Å²) in [6.07, 6.45) is 3.85. The van der Waals surface area contributed by atoms with Crippen LogP contribution in [0, 0.1) is 0 Å². The molecule has 3 rings (SSSR count). The van der Waals surface area contributed by atoms with E-state index in [2.05, 4.69) is 5.32 Å². The van der Waals surface area contributed by atoms with Crippen LogP contribution < -0.4 is 15.8 Å². The Balaban J connectivity index is 0.00000225. The fourth-order valence-corrected chi connectivity index (χ4v) is 4.06. The summed E-state index contributed by atoms with van der Waals surface area (Å²) in [5, 5.41) is 3.16. The minimum atomic E-state index is -0.0360. The number of nitrogens with two attached hydrogens (primary N) is 1. The summed E-state index contributed by atoms with van der Waals surface area (Å²) in [6.45, 7) is 2.48. The number of hydrogen-bond acceptors (Lipinski definition) is 4. The Morgan fingerprint density at radius 2 is 1.92 bits per heavy atom. The molecule has 25 heavy (non-hydrogen) atoms. The van der Waals surface area contributed by atoms with Crippen molar-refractivity contribution in [1.29, 1.82) is 0 Å². The van der Waals surface area contributed by atoms with Gasteiger partial charge in [0.25, 0.3) is 5.91 Å². The number of carbonyl (C=O) groups excluding carboxylic acids is 1. The smallest absolute Gasteiger partial charge is 0.265 e. The average Bonchev–Trinajstić information content (AvgIpc) is 3.02. The molecule has 1 heterocycles. The molecule has 6 heteroatoms. The van der Waals surface area contributed by atoms with Gasteiger partial charge in [0.15, 0.2) is 0 Å². The Morgan fingerprint density at radius 1 is 1.24 bits per heavy atom. The number of amides is 1. The predicted molar refractivity (Wildman–Crippen MR) is 106 cm³/mol. The van der Waals surface area contributed by atoms with Gasteiger partial charge in [0.05, 0.1) is 6.61 Å². The van der Waals surface area contributed by atoms with Gasteiger partial charge in [-0.05, 0) is 44.2 Å². The van der Waals surface area contributed by atoms with E-state index in [1.54, 1.807) is 0 Å². The molecular weight excluding hydrogens is 356 g/mol. The predicted octanol–water partition coefficient (Wildman–Crippen LogP) is 4.24. The highest BCUT2D eigenvalue weighted by molar-refractivity contribution is 7.17. The Labute approximate surface area is 159 Å². The summed E-state index contributed by atoms with van der Waals surface area (Å²) < 4.78 is 5.70. The van der Waals surface area contributed by atoms with Crippen LogP contribution in [-0.4, -0.2) is 24.6 Å². The zero-order valence-electron chi connectivity index (χ0n) is 14.4. The molecule has 1 fully saturated rings. The van der Waals surface area contributed by atoms with Gasteiger partial charge >= 0.3 is 0 Å². The van der Waals surface area contributed by atoms with Gasteiger partial charge in [0.1, 0.15) is 10.6 Å². The highest BCUT2D eigenvalue weighted by Gasteiger charge is 2.24. The number of thiophene rings is 1. The van der Waals surface area contributed by atoms with Gasteiger partial charge in [-0.2, -0.15) is 0 Å². The first-order valence-corrected chi connectivity index (χ1v) is 9.37. The Morgan fingerprint density at radius 3 is 2.56 bits per heavy atom. The third-order valence-electron chi connectivity index (χ3n) is 4.37. The van der Waals surface area contributed by atoms with Crippen molar-refractivity contribution in [2.45, 2.75) is 44.7 Å². The third kappa shape index (κ3) is 4.97. The number of halogens is 1. The normalized spacial score (nSPS) is 19.8. The van der Waals surface area contributed by atoms with Gasteiger partial charge < -0.3 is 15.8 Å². The van der Waals surface area contributed by atoms with Crippen molar-refractivity contribution in [3.8, 4) is 16.2 Å². The first kappa shape index (κ1) is 19.8. The largest absolute Gasteiger partial charge is 0.492 e. The lowest BCUT2D eigenvalue weighted by Crippen LogP contribution is -2.40. The maximum atomic E-state index is 12.7. The number of ether oxygens (including phenoxy) is 1. The zero-order chi connectivity index (χ0) is 16.9. The van der Waals surface area contributed by atoms with Crippen LogP contribution >= 0.6 is 23.7 Å². The van der Waals surface area contributed by atoms with Crippen molar-refractivity contribution >= 4 is 29.7 Å². The zero-order valence-corrected chi connectivity index (χ0v) is 16.0. The first-order chi connectivity index (χ1) is 11.7. The van der Waals surface area contributed by atoms with E-state index < -0.39 is 0 Å². The van der Waals surface area contributed by atoms with Crippen LogP contribution in [0.3, 0.4) is 0 Å². The number of hydrogen-bond donors (Lipinski definition) is 2. The van der Waals surface area contributed by atoms with Gasteiger partial charge in [-0.3, -0.25) is 4.79 Å². The molecule has 0 unspecified atom stereocenters. The Hall–Kier alpha value is -1.56. The maximum absolute atomic E-state index is 12.7. The quantitative estimate of drug-likeness (QED) is 0.815. The van der Waals surface area contributed by atoms with Crippen molar-refractivity contribution in [3.63, 3.8) is 0 Å². The molecule has 0 aliphatic heterocycles. The van der Waals surface area contributed by atoms with Gasteiger partial charge in [-0.1, -0.05) is 30.3 Å². The van der Waals surface area contributed by atoms with Crippen LogP contribution in [0.1, 0.15) is 42.3 Å². The molecule has 1 aromatic carbocycles. The summed E-state index contributed by atoms with van der Waals surface area (Å²) in [7, 11) is 0. The van der Waals surface area contributed by atoms with Gasteiger partial charge in [-0.25, -0.2) is 0 Å². The fourth-order valence-electron chi connectivity index (χ4n) is 3.05. The van der Waals surface area contributed by atoms with Gasteiger partial charge in [0, 0.05) is 17.0 Å². The van der Waals surface area contributed by atoms with Gasteiger partial charge in [-0.15, -0.1) is 23.7 Å². The minimum absolute atomic E-state index is 0. The number of carbonyl (C=O) groups is 1. The lowest BCUT2D eigenvalue weighted by Gasteiger charge is -2.26. The van der Waals surface area contributed by atoms with E-state index >= 15 is 0 Å². The topological polar surface area (TPSA) is 64.3 Å². The average molecular weight is 381 g/mol. The highest BCUT2D eigenvalue weighted by atomic mass is 35.5. The summed E-state index contributed by atoms with van der Waals surface area (Å²) in [5.41, 5.74) is 7.04. The molecule has 1 aromatic heterocycles. The van der Waals surface area contributed by atoms with Gasteiger partial charge in [0.2, 0.25) is 0 Å². The standard InChI is InChI=1S/C19H24N2O2S.ClH/c1-2-23-16-12-17(13-6-4-3-5-7-13)24-18(16)19(22)21-15-10-8-14(20)9-11-15;/h3-7,12,14-15H,2,8-11,20H2,1H3,(H,21,22);1H. The van der Waals surface area contributed by atoms with Crippen molar-refractivity contribution in [2.75, 3.05) is 6.61 Å². The summed E-state index contributed by atoms with van der Waals surface area (Å²) >= 11 is 1.49. The van der Waals surface area contributed by atoms with E-state index in [1.807, 2.05) is 43.3 Å². The van der Waals surface area contributed by atoms with Crippen LogP contribution in [0.5, 0.6) is 5.75 Å². The minimum Gasteiger partial charge on any atom is -0.492 e. The molecular formula is C19H25ClN2O2S. The molecule has 136 valence electrons. The second kappa shape index (κ2) is 9.22. The summed E-state index contributed by atoms with van der Waals surface area (Å²) in [6, 6.07) is 12.5. The lowest BCUT2D eigenvalue weighted by molar-refractivity contribution is 0.0926. The first-order valence-electron chi connectivity index (χ1n) is 8.56. The van der Waals surface area contributed by atoms with Crippen molar-refractivity contribution in [1.82, 2.24) is 5.32 Å².